The Balaban J connectivity index is 3.09. The summed E-state index contributed by atoms with van der Waals surface area (Å²) in [5.41, 5.74) is 0.916. The molecule has 0 saturated heterocycles. The smallest absolute Gasteiger partial charge is 0.136 e. The minimum Gasteiger partial charge on any atom is -0.506 e. The van der Waals surface area contributed by atoms with Gasteiger partial charge >= 0.3 is 0 Å². The number of phenols is 1. The fraction of sp³-hybridized carbons (Fsp3) is 0.400. The Hall–Kier alpha value is -0.0500. The molecule has 0 aliphatic heterocycles. The first-order valence-electron chi connectivity index (χ1n) is 4.46. The Labute approximate surface area is 99.4 Å². The van der Waals surface area contributed by atoms with Gasteiger partial charge in [-0.15, -0.1) is 12.6 Å². The summed E-state index contributed by atoms with van der Waals surface area (Å²) in [5, 5.41) is 10.2. The molecule has 0 atom stereocenters. The SMILES string of the molecule is CCCCc1c(Cl)cc(O)c(Cl)c1S. The summed E-state index contributed by atoms with van der Waals surface area (Å²) in [6.45, 7) is 2.11. The highest BCUT2D eigenvalue weighted by Gasteiger charge is 2.12. The minimum absolute atomic E-state index is 0.0121. The highest BCUT2D eigenvalue weighted by atomic mass is 35.5. The molecule has 0 amide bonds. The number of unbranched alkanes of at least 4 members (excludes halogenated alkanes) is 1. The molecule has 1 aromatic carbocycles. The van der Waals surface area contributed by atoms with Gasteiger partial charge in [0.2, 0.25) is 0 Å². The van der Waals surface area contributed by atoms with Crippen molar-refractivity contribution in [2.45, 2.75) is 31.1 Å². The molecule has 0 heterocycles. The lowest BCUT2D eigenvalue weighted by atomic mass is 10.1. The van der Waals surface area contributed by atoms with E-state index in [1.165, 1.54) is 6.07 Å². The number of hydrogen-bond donors (Lipinski definition) is 2. The molecule has 0 aliphatic rings. The topological polar surface area (TPSA) is 20.2 Å². The molecular weight excluding hydrogens is 239 g/mol. The number of rotatable bonds is 3. The summed E-state index contributed by atoms with van der Waals surface area (Å²) in [7, 11) is 0. The predicted octanol–water partition coefficient (Wildman–Crippen LogP) is 4.33. The fourth-order valence-electron chi connectivity index (χ4n) is 1.23. The van der Waals surface area contributed by atoms with E-state index in [4.69, 9.17) is 23.2 Å². The van der Waals surface area contributed by atoms with Crippen LogP contribution in [0.2, 0.25) is 10.0 Å². The van der Waals surface area contributed by atoms with E-state index < -0.39 is 0 Å². The van der Waals surface area contributed by atoms with Gasteiger partial charge in [0.1, 0.15) is 5.75 Å². The third-order valence-corrected chi connectivity index (χ3v) is 3.40. The van der Waals surface area contributed by atoms with Gasteiger partial charge in [-0.1, -0.05) is 36.5 Å². The first kappa shape index (κ1) is 12.0. The van der Waals surface area contributed by atoms with E-state index in [0.717, 1.165) is 24.8 Å². The first-order valence-corrected chi connectivity index (χ1v) is 5.67. The second-order valence-electron chi connectivity index (χ2n) is 3.12. The maximum absolute atomic E-state index is 9.37. The van der Waals surface area contributed by atoms with Gasteiger partial charge in [0.15, 0.2) is 0 Å². The zero-order chi connectivity index (χ0) is 10.7. The Morgan fingerprint density at radius 3 is 2.64 bits per heavy atom. The highest BCUT2D eigenvalue weighted by molar-refractivity contribution is 7.80. The molecule has 0 spiro atoms. The zero-order valence-corrected chi connectivity index (χ0v) is 10.3. The van der Waals surface area contributed by atoms with E-state index in [1.54, 1.807) is 0 Å². The quantitative estimate of drug-likeness (QED) is 0.766. The van der Waals surface area contributed by atoms with Gasteiger partial charge in [0, 0.05) is 16.0 Å². The second kappa shape index (κ2) is 5.15. The number of hydrogen-bond acceptors (Lipinski definition) is 2. The van der Waals surface area contributed by atoms with Gasteiger partial charge in [-0.05, 0) is 18.4 Å². The van der Waals surface area contributed by atoms with Crippen LogP contribution in [0, 0.1) is 0 Å². The van der Waals surface area contributed by atoms with Gasteiger partial charge < -0.3 is 5.11 Å². The summed E-state index contributed by atoms with van der Waals surface area (Å²) >= 11 is 16.1. The molecule has 14 heavy (non-hydrogen) atoms. The van der Waals surface area contributed by atoms with Crippen LogP contribution < -0.4 is 0 Å². The van der Waals surface area contributed by atoms with E-state index in [1.807, 2.05) is 0 Å². The van der Waals surface area contributed by atoms with Crippen molar-refractivity contribution in [3.63, 3.8) is 0 Å². The molecule has 0 saturated carbocycles. The maximum atomic E-state index is 9.37. The standard InChI is InChI=1S/C10H12Cl2OS/c1-2-3-4-6-7(11)5-8(13)9(12)10(6)14/h5,13-14H,2-4H2,1H3. The summed E-state index contributed by atoms with van der Waals surface area (Å²) < 4.78 is 0. The molecule has 0 unspecified atom stereocenters. The summed E-state index contributed by atoms with van der Waals surface area (Å²) in [5.74, 6) is -0.0121. The molecule has 1 nitrogen and oxygen atoms in total. The molecule has 0 aromatic heterocycles. The van der Waals surface area contributed by atoms with E-state index in [-0.39, 0.29) is 10.8 Å². The van der Waals surface area contributed by atoms with Crippen molar-refractivity contribution in [3.05, 3.63) is 21.7 Å². The van der Waals surface area contributed by atoms with Crippen molar-refractivity contribution < 1.29 is 5.11 Å². The molecule has 1 rings (SSSR count). The van der Waals surface area contributed by atoms with Crippen LogP contribution in [0.25, 0.3) is 0 Å². The average Bonchev–Trinajstić information content (AvgIpc) is 2.14. The van der Waals surface area contributed by atoms with Crippen molar-refractivity contribution in [1.29, 1.82) is 0 Å². The lowest BCUT2D eigenvalue weighted by Crippen LogP contribution is -1.90. The molecule has 0 aliphatic carbocycles. The first-order chi connectivity index (χ1) is 6.57. The van der Waals surface area contributed by atoms with Crippen LogP contribution in [0.15, 0.2) is 11.0 Å². The molecule has 1 N–H and O–H groups in total. The number of aromatic hydroxyl groups is 1. The van der Waals surface area contributed by atoms with Crippen molar-refractivity contribution in [2.24, 2.45) is 0 Å². The Bertz CT molecular complexity index is 339. The third-order valence-electron chi connectivity index (χ3n) is 2.05. The van der Waals surface area contributed by atoms with E-state index in [9.17, 15) is 5.11 Å². The van der Waals surface area contributed by atoms with Crippen LogP contribution in [-0.2, 0) is 6.42 Å². The molecule has 4 heteroatoms. The molecule has 0 radical (unpaired) electrons. The zero-order valence-electron chi connectivity index (χ0n) is 7.85. The van der Waals surface area contributed by atoms with Crippen LogP contribution in [0.5, 0.6) is 5.75 Å². The number of phenolic OH excluding ortho intramolecular Hbond substituents is 1. The van der Waals surface area contributed by atoms with Gasteiger partial charge in [-0.3, -0.25) is 0 Å². The molecule has 0 fully saturated rings. The Morgan fingerprint density at radius 2 is 2.07 bits per heavy atom. The monoisotopic (exact) mass is 250 g/mol. The Kier molecular flexibility index (Phi) is 4.42. The average molecular weight is 251 g/mol. The van der Waals surface area contributed by atoms with E-state index in [2.05, 4.69) is 19.6 Å². The van der Waals surface area contributed by atoms with Crippen molar-refractivity contribution in [1.82, 2.24) is 0 Å². The largest absolute Gasteiger partial charge is 0.506 e. The molecule has 1 aromatic rings. The summed E-state index contributed by atoms with van der Waals surface area (Å²) in [6, 6.07) is 1.47. The number of benzene rings is 1. The van der Waals surface area contributed by atoms with E-state index in [0.29, 0.717) is 9.92 Å². The summed E-state index contributed by atoms with van der Waals surface area (Å²) in [4.78, 5) is 0.588. The molecular formula is C10H12Cl2OS. The van der Waals surface area contributed by atoms with Crippen LogP contribution in [0.1, 0.15) is 25.3 Å². The summed E-state index contributed by atoms with van der Waals surface area (Å²) in [6.07, 6.45) is 2.96. The number of halogens is 2. The Morgan fingerprint density at radius 1 is 1.43 bits per heavy atom. The van der Waals surface area contributed by atoms with Crippen molar-refractivity contribution in [2.75, 3.05) is 0 Å². The van der Waals surface area contributed by atoms with Crippen molar-refractivity contribution in [3.8, 4) is 5.75 Å². The van der Waals surface area contributed by atoms with Crippen LogP contribution in [0.3, 0.4) is 0 Å². The van der Waals surface area contributed by atoms with Crippen molar-refractivity contribution >= 4 is 35.8 Å². The normalized spacial score (nSPS) is 10.6. The maximum Gasteiger partial charge on any atom is 0.136 e. The molecule has 78 valence electrons. The van der Waals surface area contributed by atoms with Crippen LogP contribution in [0.4, 0.5) is 0 Å². The second-order valence-corrected chi connectivity index (χ2v) is 4.35. The fourth-order valence-corrected chi connectivity index (χ4v) is 2.10. The van der Waals surface area contributed by atoms with Gasteiger partial charge in [0.25, 0.3) is 0 Å². The third kappa shape index (κ3) is 2.50. The van der Waals surface area contributed by atoms with Crippen LogP contribution >= 0.6 is 35.8 Å². The van der Waals surface area contributed by atoms with Gasteiger partial charge in [-0.2, -0.15) is 0 Å². The van der Waals surface area contributed by atoms with Crippen LogP contribution in [-0.4, -0.2) is 5.11 Å². The predicted molar refractivity (Wildman–Crippen MR) is 64.0 cm³/mol. The minimum atomic E-state index is -0.0121. The lowest BCUT2D eigenvalue weighted by Gasteiger charge is -2.10. The van der Waals surface area contributed by atoms with Gasteiger partial charge in [-0.25, -0.2) is 0 Å². The highest BCUT2D eigenvalue weighted by Crippen LogP contribution is 2.37. The van der Waals surface area contributed by atoms with E-state index >= 15 is 0 Å². The lowest BCUT2D eigenvalue weighted by molar-refractivity contribution is 0.473. The van der Waals surface area contributed by atoms with Gasteiger partial charge in [0.05, 0.1) is 5.02 Å². The number of thiol groups is 1. The molecule has 0 bridgehead atoms.